The molecule has 7 aromatic carbocycles. The van der Waals surface area contributed by atoms with E-state index in [1.54, 1.807) is 35.1 Å². The number of rotatable bonds is 21. The first kappa shape index (κ1) is 93.4. The van der Waals surface area contributed by atoms with Crippen LogP contribution in [0.4, 0.5) is 23.8 Å². The maximum absolute atomic E-state index is 13.3. The topological polar surface area (TPSA) is 356 Å². The number of carbonyl (C=O) groups excluding carboxylic acids is 9. The fraction of sp³-hybridized carbons (Fsp3) is 0.318. The molecule has 4 aliphatic carbocycles. The Hall–Kier alpha value is -15.3. The quantitative estimate of drug-likeness (QED) is 0.0417. The number of aromatic nitrogens is 12. The van der Waals surface area contributed by atoms with E-state index in [4.69, 9.17) is 11.6 Å². The summed E-state index contributed by atoms with van der Waals surface area (Å²) in [5, 5.41) is 40.9. The molecule has 5 N–H and O–H groups in total. The molecule has 8 aromatic heterocycles. The standard InChI is InChI=1S/C30H31N5O2.C29H27N5O3.C28H26ClN5O3.C23H25N5O2/c36-28(24-13-14-24)32-30-31-27-10-4-9-26(35(27)33-30)23-11-15-25(16-12-23)29(37)34-18-5-8-22(17-19-34)20-21-6-2-1-3-7-21;35-26(20-5-2-1-3-6-20)21-15-17-33(18-16-21)28(37)23-13-9-19(10-14-23)24-7-4-8-25-30-29(32-34(24)25)31-27(36)22-11-12-22;29-22-12-10-21(11-13-22)28(37)14-16-33(17-15-28)26(36)20-8-4-18(5-9-20)23-2-1-3-24-30-27(32-34(23)24)31-25(35)19-6-7-19;1-15-4-3-13-27(14-15)22(30)18-11-7-16(8-12-18)19-5-2-6-20-24-23(26-28(19)20)25-21(29)17-9-10-17/h1-4,6-7,9-12,15-16,22,24H,5,8,13-14,17-20H2,(H,32,33,36);1-10,13-14,21-22H,11-12,15-18H2,(H,31,32,36);1-5,8-13,19,37H,6-7,14-17H2,(H,31,32,35);2,5-8,11-12,15,17H,3-4,9-10,13-14H2,1H3,(H,25,26,29). The van der Waals surface area contributed by atoms with Crippen molar-refractivity contribution in [3.8, 4) is 45.0 Å². The minimum atomic E-state index is -0.960. The molecule has 23 rings (SSSR count). The van der Waals surface area contributed by atoms with E-state index in [1.807, 2.05) is 227 Å². The Morgan fingerprint density at radius 2 is 0.652 bits per heavy atom. The van der Waals surface area contributed by atoms with E-state index >= 15 is 0 Å². The number of pyridine rings is 4. The predicted molar refractivity (Wildman–Crippen MR) is 537 cm³/mol. The molecular formula is C110H109ClN20O10. The van der Waals surface area contributed by atoms with Gasteiger partial charge in [-0.1, -0.05) is 164 Å². The van der Waals surface area contributed by atoms with Crippen LogP contribution in [0.1, 0.15) is 179 Å². The SMILES string of the molecule is CC1CCCN(C(=O)c2ccc(-c3cccc4nc(NC(=O)C5CC5)nn34)cc2)C1.O=C(Nc1nc2cccc(-c3ccc(C(=O)N4CCC(C(=O)c5ccccc5)CC4)cc3)n2n1)C1CC1.O=C(Nc1nc2cccc(-c3ccc(C(=O)N4CCC(O)(c5ccc(Cl)cc5)CC4)cc3)n2n1)C1CC1.O=C(Nc1nc2cccc(-c3ccc(C(=O)N4CCCC(Cc5ccccc5)CC4)cc3)n2n1)C1CC1. The lowest BCUT2D eigenvalue weighted by atomic mass is 9.84. The van der Waals surface area contributed by atoms with Crippen LogP contribution in [0.2, 0.25) is 5.02 Å². The molecule has 0 spiro atoms. The average Bonchev–Trinajstić information content (AvgIpc) is 1.67. The molecule has 4 aliphatic heterocycles. The molecule has 0 radical (unpaired) electrons. The molecule has 4 saturated carbocycles. The zero-order valence-corrected chi connectivity index (χ0v) is 79.1. The summed E-state index contributed by atoms with van der Waals surface area (Å²) in [5.41, 5.74) is 14.2. The van der Waals surface area contributed by atoms with E-state index in [9.17, 15) is 48.3 Å². The number of likely N-dealkylation sites (tertiary alicyclic amines) is 4. The molecule has 0 bridgehead atoms. The van der Waals surface area contributed by atoms with Gasteiger partial charge in [0, 0.05) is 137 Å². The highest BCUT2D eigenvalue weighted by atomic mass is 35.5. The molecule has 31 heteroatoms. The summed E-state index contributed by atoms with van der Waals surface area (Å²) >= 11 is 5.98. The number of benzene rings is 7. The smallest absolute Gasteiger partial charge is 0.253 e. The largest absolute Gasteiger partial charge is 0.385 e. The molecule has 8 fully saturated rings. The number of carbonyl (C=O) groups is 9. The van der Waals surface area contributed by atoms with E-state index in [-0.39, 0.29) is 82.6 Å². The number of anilines is 4. The molecule has 8 amide bonds. The van der Waals surface area contributed by atoms with Crippen molar-refractivity contribution in [2.45, 2.75) is 128 Å². The molecule has 2 unspecified atom stereocenters. The summed E-state index contributed by atoms with van der Waals surface area (Å²) in [7, 11) is 0. The first-order valence-corrected chi connectivity index (χ1v) is 49.4. The first-order valence-electron chi connectivity index (χ1n) is 49.1. The van der Waals surface area contributed by atoms with Gasteiger partial charge in [0.1, 0.15) is 0 Å². The van der Waals surface area contributed by atoms with Crippen LogP contribution in [0, 0.1) is 41.4 Å². The van der Waals surface area contributed by atoms with E-state index in [0.29, 0.717) is 137 Å². The van der Waals surface area contributed by atoms with Gasteiger partial charge in [0.25, 0.3) is 23.6 Å². The number of hydrogen-bond acceptors (Lipinski definition) is 18. The van der Waals surface area contributed by atoms with Crippen LogP contribution in [0.3, 0.4) is 0 Å². The van der Waals surface area contributed by atoms with Gasteiger partial charge in [0.05, 0.1) is 28.4 Å². The van der Waals surface area contributed by atoms with Crippen molar-refractivity contribution in [1.29, 1.82) is 0 Å². The number of fused-ring (bicyclic) bond motifs is 4. The highest BCUT2D eigenvalue weighted by molar-refractivity contribution is 6.30. The second kappa shape index (κ2) is 41.4. The van der Waals surface area contributed by atoms with Crippen LogP contribution in [-0.2, 0) is 31.2 Å². The Kier molecular flexibility index (Phi) is 27.4. The number of Topliss-reactive ketones (excluding diaryl/α,β-unsaturated/α-hetero) is 1. The summed E-state index contributed by atoms with van der Waals surface area (Å²) in [6, 6.07) is 80.3. The Balaban J connectivity index is 0.000000116. The summed E-state index contributed by atoms with van der Waals surface area (Å²) < 4.78 is 6.86. The first-order chi connectivity index (χ1) is 68.7. The summed E-state index contributed by atoms with van der Waals surface area (Å²) in [4.78, 5) is 139. The normalized spacial score (nSPS) is 17.5. The summed E-state index contributed by atoms with van der Waals surface area (Å²) in [6.07, 6.45) is 16.2. The monoisotopic (exact) mass is 1900 g/mol. The zero-order chi connectivity index (χ0) is 96.8. The second-order valence-electron chi connectivity index (χ2n) is 38.2. The number of halogens is 1. The molecule has 4 saturated heterocycles. The molecular weight excluding hydrogens is 1800 g/mol. The highest BCUT2D eigenvalue weighted by Gasteiger charge is 2.39. The van der Waals surface area contributed by atoms with Crippen LogP contribution < -0.4 is 21.3 Å². The Labute approximate surface area is 819 Å². The van der Waals surface area contributed by atoms with Crippen molar-refractivity contribution >= 4 is 111 Å². The van der Waals surface area contributed by atoms with Gasteiger partial charge in [0.15, 0.2) is 28.4 Å². The van der Waals surface area contributed by atoms with E-state index in [1.165, 1.54) is 12.0 Å². The number of nitrogens with zero attached hydrogens (tertiary/aromatic N) is 16. The van der Waals surface area contributed by atoms with Crippen LogP contribution in [0.15, 0.2) is 255 Å². The number of nitrogens with one attached hydrogen (secondary N) is 4. The van der Waals surface area contributed by atoms with Crippen molar-refractivity contribution in [2.24, 2.45) is 41.4 Å². The van der Waals surface area contributed by atoms with Gasteiger partial charge < -0.3 is 24.7 Å². The average molecular weight is 1910 g/mol. The summed E-state index contributed by atoms with van der Waals surface area (Å²) in [5.74, 6) is 2.87. The van der Waals surface area contributed by atoms with Crippen LogP contribution in [0.5, 0.6) is 0 Å². The third-order valence-electron chi connectivity index (χ3n) is 27.8. The fourth-order valence-corrected chi connectivity index (χ4v) is 19.1. The number of hydrogen-bond donors (Lipinski definition) is 5. The number of amides is 8. The molecule has 2 atom stereocenters. The zero-order valence-electron chi connectivity index (χ0n) is 78.3. The Bertz CT molecular complexity index is 7140. The van der Waals surface area contributed by atoms with Crippen molar-refractivity contribution in [3.05, 3.63) is 299 Å². The van der Waals surface area contributed by atoms with Gasteiger partial charge in [-0.25, -0.2) is 18.1 Å². The Morgan fingerprint density at radius 1 is 0.326 bits per heavy atom. The van der Waals surface area contributed by atoms with E-state index in [2.05, 4.69) is 98.9 Å². The van der Waals surface area contributed by atoms with Crippen LogP contribution in [-0.4, -0.2) is 188 Å². The molecule has 141 heavy (non-hydrogen) atoms. The van der Waals surface area contributed by atoms with Crippen molar-refractivity contribution in [2.75, 3.05) is 73.6 Å². The van der Waals surface area contributed by atoms with E-state index in [0.717, 1.165) is 166 Å². The third-order valence-corrected chi connectivity index (χ3v) is 28.1. The molecule has 8 aliphatic rings. The maximum atomic E-state index is 13.3. The predicted octanol–water partition coefficient (Wildman–Crippen LogP) is 17.8. The molecule has 12 heterocycles. The lowest BCUT2D eigenvalue weighted by Crippen LogP contribution is -2.45. The minimum absolute atomic E-state index is 0.0117. The lowest BCUT2D eigenvalue weighted by molar-refractivity contribution is -0.118. The van der Waals surface area contributed by atoms with Gasteiger partial charge >= 0.3 is 0 Å². The van der Waals surface area contributed by atoms with Crippen molar-refractivity contribution in [3.63, 3.8) is 0 Å². The number of piperidine rings is 3. The number of ketones is 1. The van der Waals surface area contributed by atoms with Crippen molar-refractivity contribution in [1.82, 2.24) is 78.0 Å². The van der Waals surface area contributed by atoms with Crippen molar-refractivity contribution < 1.29 is 48.3 Å². The number of aliphatic hydroxyl groups is 1. The van der Waals surface area contributed by atoms with Crippen LogP contribution in [0.25, 0.3) is 67.6 Å². The van der Waals surface area contributed by atoms with Crippen LogP contribution >= 0.6 is 11.6 Å². The van der Waals surface area contributed by atoms with Gasteiger partial charge in [-0.3, -0.25) is 64.4 Å². The third kappa shape index (κ3) is 22.1. The highest BCUT2D eigenvalue weighted by Crippen LogP contribution is 2.39. The fourth-order valence-electron chi connectivity index (χ4n) is 19.0. The van der Waals surface area contributed by atoms with Gasteiger partial charge in [-0.15, -0.1) is 20.4 Å². The molecule has 30 nitrogen and oxygen atoms in total. The van der Waals surface area contributed by atoms with Gasteiger partial charge in [-0.05, 0) is 248 Å². The summed E-state index contributed by atoms with van der Waals surface area (Å²) in [6.45, 7) is 7.52. The van der Waals surface area contributed by atoms with E-state index < -0.39 is 5.60 Å². The maximum Gasteiger partial charge on any atom is 0.253 e. The van der Waals surface area contributed by atoms with Gasteiger partial charge in [-0.2, -0.15) is 19.9 Å². The second-order valence-corrected chi connectivity index (χ2v) is 38.7. The van der Waals surface area contributed by atoms with Gasteiger partial charge in [0.2, 0.25) is 47.4 Å². The minimum Gasteiger partial charge on any atom is -0.385 e. The molecule has 716 valence electrons. The Morgan fingerprint density at radius 3 is 1.01 bits per heavy atom. The molecule has 15 aromatic rings. The lowest BCUT2D eigenvalue weighted by Gasteiger charge is -2.38.